The summed E-state index contributed by atoms with van der Waals surface area (Å²) in [6.07, 6.45) is 4.87. The van der Waals surface area contributed by atoms with E-state index in [9.17, 15) is 4.79 Å². The van der Waals surface area contributed by atoms with Crippen molar-refractivity contribution < 1.29 is 9.90 Å². The molecule has 2 aromatic rings. The van der Waals surface area contributed by atoms with Gasteiger partial charge in [0.05, 0.1) is 17.6 Å². The number of halogens is 1. The number of carbonyl (C=O) groups is 1. The van der Waals surface area contributed by atoms with Crippen molar-refractivity contribution in [3.05, 3.63) is 47.0 Å². The number of hydrogen-bond acceptors (Lipinski definition) is 2. The van der Waals surface area contributed by atoms with Crippen LogP contribution in [0.2, 0.25) is 0 Å². The second-order valence-electron chi connectivity index (χ2n) is 2.91. The molecule has 0 aliphatic rings. The molecule has 2 rings (SSSR count). The number of nitrogens with zero attached hydrogens (tertiary/aromatic N) is 2. The first-order chi connectivity index (χ1) is 7.20. The molecule has 1 aromatic carbocycles. The van der Waals surface area contributed by atoms with Crippen molar-refractivity contribution in [3.8, 4) is 5.69 Å². The highest BCUT2D eigenvalue weighted by atomic mass is 79.9. The molecule has 0 aliphatic heterocycles. The molecule has 0 aliphatic carbocycles. The van der Waals surface area contributed by atoms with Gasteiger partial charge in [0.1, 0.15) is 0 Å². The Morgan fingerprint density at radius 3 is 2.87 bits per heavy atom. The second kappa shape index (κ2) is 3.86. The normalized spacial score (nSPS) is 10.2. The van der Waals surface area contributed by atoms with Gasteiger partial charge in [-0.2, -0.15) is 0 Å². The molecule has 0 fully saturated rings. The van der Waals surface area contributed by atoms with E-state index >= 15 is 0 Å². The molecule has 1 aromatic heterocycles. The van der Waals surface area contributed by atoms with Crippen LogP contribution in [0.1, 0.15) is 10.4 Å². The van der Waals surface area contributed by atoms with E-state index in [0.29, 0.717) is 5.69 Å². The molecule has 76 valence electrons. The Morgan fingerprint density at radius 2 is 2.27 bits per heavy atom. The van der Waals surface area contributed by atoms with Crippen LogP contribution in [-0.4, -0.2) is 20.6 Å². The predicted octanol–water partition coefficient (Wildman–Crippen LogP) is 2.33. The van der Waals surface area contributed by atoms with Gasteiger partial charge in [-0.25, -0.2) is 9.78 Å². The number of rotatable bonds is 2. The van der Waals surface area contributed by atoms with Crippen molar-refractivity contribution >= 4 is 21.9 Å². The zero-order chi connectivity index (χ0) is 10.8. The standard InChI is InChI=1S/C10H7BrN2O2/c11-8-3-1-2-7(10(14)15)9(8)13-5-4-12-6-13/h1-6H,(H,14,15). The fourth-order valence-electron chi connectivity index (χ4n) is 1.34. The molecule has 0 atom stereocenters. The van der Waals surface area contributed by atoms with Crippen molar-refractivity contribution in [2.24, 2.45) is 0 Å². The molecule has 0 saturated heterocycles. The van der Waals surface area contributed by atoms with E-state index in [2.05, 4.69) is 20.9 Å². The molecule has 0 spiro atoms. The largest absolute Gasteiger partial charge is 0.478 e. The van der Waals surface area contributed by atoms with Gasteiger partial charge in [0.15, 0.2) is 0 Å². The molecule has 5 heteroatoms. The van der Waals surface area contributed by atoms with Crippen molar-refractivity contribution in [2.75, 3.05) is 0 Å². The predicted molar refractivity (Wildman–Crippen MR) is 58.2 cm³/mol. The lowest BCUT2D eigenvalue weighted by molar-refractivity contribution is 0.0697. The summed E-state index contributed by atoms with van der Waals surface area (Å²) in [6.45, 7) is 0. The Morgan fingerprint density at radius 1 is 1.47 bits per heavy atom. The van der Waals surface area contributed by atoms with Crippen molar-refractivity contribution in [1.82, 2.24) is 9.55 Å². The minimum absolute atomic E-state index is 0.238. The molecule has 0 bridgehead atoms. The molecule has 0 radical (unpaired) electrons. The average Bonchev–Trinajstić information content (AvgIpc) is 2.70. The third-order valence-corrected chi connectivity index (χ3v) is 2.62. The maximum absolute atomic E-state index is 11.0. The van der Waals surface area contributed by atoms with Gasteiger partial charge < -0.3 is 9.67 Å². The van der Waals surface area contributed by atoms with Crippen LogP contribution in [0.25, 0.3) is 5.69 Å². The number of para-hydroxylation sites is 1. The maximum Gasteiger partial charge on any atom is 0.337 e. The summed E-state index contributed by atoms with van der Waals surface area (Å²) < 4.78 is 2.38. The van der Waals surface area contributed by atoms with E-state index in [0.717, 1.165) is 4.47 Å². The smallest absolute Gasteiger partial charge is 0.337 e. The summed E-state index contributed by atoms with van der Waals surface area (Å²) in [4.78, 5) is 14.9. The van der Waals surface area contributed by atoms with Crippen molar-refractivity contribution in [1.29, 1.82) is 0 Å². The highest BCUT2D eigenvalue weighted by Crippen LogP contribution is 2.24. The number of hydrogen-bond donors (Lipinski definition) is 1. The highest BCUT2D eigenvalue weighted by Gasteiger charge is 2.13. The van der Waals surface area contributed by atoms with Gasteiger partial charge in [-0.1, -0.05) is 6.07 Å². The van der Waals surface area contributed by atoms with Crippen LogP contribution in [0.15, 0.2) is 41.4 Å². The minimum Gasteiger partial charge on any atom is -0.478 e. The van der Waals surface area contributed by atoms with E-state index in [1.807, 2.05) is 0 Å². The van der Waals surface area contributed by atoms with E-state index < -0.39 is 5.97 Å². The average molecular weight is 267 g/mol. The number of benzene rings is 1. The summed E-state index contributed by atoms with van der Waals surface area (Å²) in [5.41, 5.74) is 0.824. The summed E-state index contributed by atoms with van der Waals surface area (Å²) in [5.74, 6) is -0.958. The lowest BCUT2D eigenvalue weighted by Crippen LogP contribution is -2.04. The van der Waals surface area contributed by atoms with Gasteiger partial charge in [0.2, 0.25) is 0 Å². The van der Waals surface area contributed by atoms with Crippen LogP contribution in [-0.2, 0) is 0 Å². The summed E-state index contributed by atoms with van der Waals surface area (Å²) >= 11 is 3.32. The molecule has 15 heavy (non-hydrogen) atoms. The fraction of sp³-hybridized carbons (Fsp3) is 0. The number of carboxylic acid groups (broad SMARTS) is 1. The Labute approximate surface area is 94.3 Å². The maximum atomic E-state index is 11.0. The molecule has 0 amide bonds. The molecule has 0 unspecified atom stereocenters. The number of imidazole rings is 1. The van der Waals surface area contributed by atoms with Crippen LogP contribution >= 0.6 is 15.9 Å². The topological polar surface area (TPSA) is 55.1 Å². The van der Waals surface area contributed by atoms with Gasteiger partial charge in [0, 0.05) is 16.9 Å². The molecule has 4 nitrogen and oxygen atoms in total. The van der Waals surface area contributed by atoms with Gasteiger partial charge >= 0.3 is 5.97 Å². The molecule has 1 heterocycles. The van der Waals surface area contributed by atoms with E-state index in [4.69, 9.17) is 5.11 Å². The van der Waals surface area contributed by atoms with Crippen LogP contribution in [0.5, 0.6) is 0 Å². The number of carboxylic acids is 1. The Bertz CT molecular complexity index is 494. The zero-order valence-corrected chi connectivity index (χ0v) is 9.18. The highest BCUT2D eigenvalue weighted by molar-refractivity contribution is 9.10. The molecular formula is C10H7BrN2O2. The SMILES string of the molecule is O=C(O)c1cccc(Br)c1-n1ccnc1. The third-order valence-electron chi connectivity index (χ3n) is 1.98. The Balaban J connectivity index is 2.68. The van der Waals surface area contributed by atoms with Crippen LogP contribution in [0, 0.1) is 0 Å². The quantitative estimate of drug-likeness (QED) is 0.908. The van der Waals surface area contributed by atoms with Crippen LogP contribution in [0.4, 0.5) is 0 Å². The fourth-order valence-corrected chi connectivity index (χ4v) is 1.91. The third kappa shape index (κ3) is 1.78. The first-order valence-electron chi connectivity index (χ1n) is 4.20. The zero-order valence-electron chi connectivity index (χ0n) is 7.59. The number of aromatic carboxylic acids is 1. The first kappa shape index (κ1) is 9.92. The minimum atomic E-state index is -0.958. The molecular weight excluding hydrogens is 260 g/mol. The van der Waals surface area contributed by atoms with Gasteiger partial charge in [-0.15, -0.1) is 0 Å². The Hall–Kier alpha value is -1.62. The van der Waals surface area contributed by atoms with Crippen molar-refractivity contribution in [2.45, 2.75) is 0 Å². The first-order valence-corrected chi connectivity index (χ1v) is 4.99. The van der Waals surface area contributed by atoms with Gasteiger partial charge in [-0.05, 0) is 28.1 Å². The summed E-state index contributed by atoms with van der Waals surface area (Å²) in [6, 6.07) is 5.04. The molecule has 0 saturated carbocycles. The van der Waals surface area contributed by atoms with Gasteiger partial charge in [0.25, 0.3) is 0 Å². The second-order valence-corrected chi connectivity index (χ2v) is 3.77. The van der Waals surface area contributed by atoms with E-state index in [-0.39, 0.29) is 5.56 Å². The van der Waals surface area contributed by atoms with Crippen LogP contribution < -0.4 is 0 Å². The summed E-state index contributed by atoms with van der Waals surface area (Å²) in [7, 11) is 0. The van der Waals surface area contributed by atoms with Gasteiger partial charge in [-0.3, -0.25) is 0 Å². The van der Waals surface area contributed by atoms with Crippen LogP contribution in [0.3, 0.4) is 0 Å². The van der Waals surface area contributed by atoms with Crippen molar-refractivity contribution in [3.63, 3.8) is 0 Å². The number of aromatic nitrogens is 2. The van der Waals surface area contributed by atoms with E-state index in [1.165, 1.54) is 0 Å². The monoisotopic (exact) mass is 266 g/mol. The lowest BCUT2D eigenvalue weighted by atomic mass is 10.2. The Kier molecular flexibility index (Phi) is 2.55. The lowest BCUT2D eigenvalue weighted by Gasteiger charge is -2.08. The summed E-state index contributed by atoms with van der Waals surface area (Å²) in [5, 5.41) is 9.03. The van der Waals surface area contributed by atoms with E-state index in [1.54, 1.807) is 41.5 Å². The molecule has 1 N–H and O–H groups in total.